The number of aliphatic hydroxyl groups excluding tert-OH is 1. The van der Waals surface area contributed by atoms with Crippen molar-refractivity contribution in [2.75, 3.05) is 0 Å². The maximum absolute atomic E-state index is 12.2. The number of benzene rings is 1. The fourth-order valence-corrected chi connectivity index (χ4v) is 4.70. The van der Waals surface area contributed by atoms with Crippen LogP contribution in [0.5, 0.6) is 5.75 Å². The number of nitrogens with two attached hydrogens (primary N) is 1. The van der Waals surface area contributed by atoms with Crippen LogP contribution in [0, 0.1) is 5.41 Å². The molecule has 6 nitrogen and oxygen atoms in total. The van der Waals surface area contributed by atoms with Crippen LogP contribution >= 0.6 is 0 Å². The van der Waals surface area contributed by atoms with E-state index in [-0.39, 0.29) is 6.42 Å². The number of carbonyl (C=O) groups is 2. The fraction of sp³-hybridized carbons (Fsp3) is 0.733. The molecule has 1 aromatic carbocycles. The Kier molecular flexibility index (Phi) is 16.2. The molecule has 0 radical (unpaired) electrons. The Morgan fingerprint density at radius 2 is 1.42 bits per heavy atom. The number of rotatable bonds is 22. The quantitative estimate of drug-likeness (QED) is 0.144. The van der Waals surface area contributed by atoms with Crippen LogP contribution in [0.3, 0.4) is 0 Å². The molecule has 1 amide bonds. The van der Waals surface area contributed by atoms with Crippen molar-refractivity contribution >= 4 is 11.9 Å². The fourth-order valence-electron chi connectivity index (χ4n) is 4.70. The molecule has 0 saturated carbocycles. The van der Waals surface area contributed by atoms with Crippen molar-refractivity contribution in [3.63, 3.8) is 0 Å². The molecule has 0 aromatic heterocycles. The number of unbranched alkanes of at least 4 members (excludes halogenated alkanes) is 11. The molecular weight excluding hydrogens is 454 g/mol. The van der Waals surface area contributed by atoms with E-state index >= 15 is 0 Å². The largest absolute Gasteiger partial charge is 0.489 e. The number of aliphatic hydroxyl groups is 1. The summed E-state index contributed by atoms with van der Waals surface area (Å²) in [5.74, 6) is -1.16. The van der Waals surface area contributed by atoms with E-state index in [4.69, 9.17) is 10.5 Å². The minimum Gasteiger partial charge on any atom is -0.489 e. The van der Waals surface area contributed by atoms with Crippen molar-refractivity contribution in [1.29, 1.82) is 0 Å². The molecule has 0 spiro atoms. The predicted molar refractivity (Wildman–Crippen MR) is 146 cm³/mol. The van der Waals surface area contributed by atoms with Gasteiger partial charge in [-0.3, -0.25) is 9.59 Å². The highest BCUT2D eigenvalue weighted by Gasteiger charge is 2.41. The molecule has 0 aliphatic carbocycles. The molecule has 4 N–H and O–H groups in total. The van der Waals surface area contributed by atoms with E-state index in [0.717, 1.165) is 44.9 Å². The standard InChI is InChI=1S/C30H51NO5/c1-4-6-8-10-11-12-13-14-15-19-24(36-26-21-17-16-20-25(26)28(31)33)23-27(32)30(3,29(34)35)22-18-9-7-5-2/h16-17,20-21,24,27,32H,4-15,18-19,22-23H2,1-3H3,(H2,31,33)(H,34,35)/t24-,27-,30-/m0/s1. The van der Waals surface area contributed by atoms with Crippen LogP contribution in [0.15, 0.2) is 24.3 Å². The summed E-state index contributed by atoms with van der Waals surface area (Å²) in [5.41, 5.74) is 4.59. The Morgan fingerprint density at radius 3 is 1.97 bits per heavy atom. The van der Waals surface area contributed by atoms with Crippen molar-refractivity contribution in [1.82, 2.24) is 0 Å². The van der Waals surface area contributed by atoms with E-state index in [2.05, 4.69) is 13.8 Å². The van der Waals surface area contributed by atoms with Gasteiger partial charge in [0.2, 0.25) is 0 Å². The highest BCUT2D eigenvalue weighted by molar-refractivity contribution is 5.95. The minimum absolute atomic E-state index is 0.195. The second-order valence-corrected chi connectivity index (χ2v) is 10.5. The molecular formula is C30H51NO5. The van der Waals surface area contributed by atoms with Gasteiger partial charge in [0.15, 0.2) is 0 Å². The Labute approximate surface area is 219 Å². The number of carboxylic acids is 1. The van der Waals surface area contributed by atoms with Gasteiger partial charge in [-0.25, -0.2) is 0 Å². The highest BCUT2D eigenvalue weighted by atomic mass is 16.5. The zero-order valence-corrected chi connectivity index (χ0v) is 23.0. The Morgan fingerprint density at radius 1 is 0.889 bits per heavy atom. The lowest BCUT2D eigenvalue weighted by molar-refractivity contribution is -0.157. The van der Waals surface area contributed by atoms with Crippen LogP contribution in [-0.2, 0) is 4.79 Å². The van der Waals surface area contributed by atoms with Crippen LogP contribution in [0.25, 0.3) is 0 Å². The normalized spacial score (nSPS) is 14.7. The first kappa shape index (κ1) is 31.9. The van der Waals surface area contributed by atoms with Gasteiger partial charge in [0.25, 0.3) is 5.91 Å². The molecule has 0 unspecified atom stereocenters. The molecule has 1 rings (SSSR count). The maximum atomic E-state index is 12.2. The van der Waals surface area contributed by atoms with E-state index in [1.807, 2.05) is 0 Å². The van der Waals surface area contributed by atoms with Gasteiger partial charge in [0.05, 0.1) is 17.1 Å². The molecule has 0 bridgehead atoms. The molecule has 0 heterocycles. The van der Waals surface area contributed by atoms with Crippen molar-refractivity contribution in [2.45, 2.75) is 136 Å². The first-order valence-electron chi connectivity index (χ1n) is 14.2. The monoisotopic (exact) mass is 505 g/mol. The molecule has 36 heavy (non-hydrogen) atoms. The number of carboxylic acid groups (broad SMARTS) is 1. The number of carbonyl (C=O) groups excluding carboxylic acids is 1. The van der Waals surface area contributed by atoms with E-state index in [9.17, 15) is 19.8 Å². The van der Waals surface area contributed by atoms with Gasteiger partial charge in [0, 0.05) is 6.42 Å². The molecule has 6 heteroatoms. The summed E-state index contributed by atoms with van der Waals surface area (Å²) < 4.78 is 6.21. The van der Waals surface area contributed by atoms with E-state index in [0.29, 0.717) is 24.2 Å². The molecule has 3 atom stereocenters. The topological polar surface area (TPSA) is 110 Å². The third-order valence-corrected chi connectivity index (χ3v) is 7.34. The Balaban J connectivity index is 2.81. The molecule has 0 saturated heterocycles. The van der Waals surface area contributed by atoms with Gasteiger partial charge in [-0.15, -0.1) is 0 Å². The third kappa shape index (κ3) is 11.8. The lowest BCUT2D eigenvalue weighted by Gasteiger charge is -2.33. The second-order valence-electron chi connectivity index (χ2n) is 10.5. The van der Waals surface area contributed by atoms with Gasteiger partial charge in [0.1, 0.15) is 11.9 Å². The summed E-state index contributed by atoms with van der Waals surface area (Å²) in [4.78, 5) is 24.1. The van der Waals surface area contributed by atoms with Gasteiger partial charge in [-0.05, 0) is 38.3 Å². The lowest BCUT2D eigenvalue weighted by Crippen LogP contribution is -2.42. The van der Waals surface area contributed by atoms with E-state index in [1.165, 1.54) is 38.5 Å². The molecule has 0 fully saturated rings. The van der Waals surface area contributed by atoms with Crippen molar-refractivity contribution in [3.05, 3.63) is 29.8 Å². The first-order chi connectivity index (χ1) is 17.3. The zero-order valence-electron chi connectivity index (χ0n) is 23.0. The average Bonchev–Trinajstić information content (AvgIpc) is 2.85. The van der Waals surface area contributed by atoms with Crippen molar-refractivity contribution < 1.29 is 24.5 Å². The predicted octanol–water partition coefficient (Wildman–Crippen LogP) is 7.27. The number of aliphatic carboxylic acids is 1. The second kappa shape index (κ2) is 18.2. The molecule has 1 aromatic rings. The van der Waals surface area contributed by atoms with Crippen LogP contribution in [0.1, 0.15) is 134 Å². The molecule has 0 aliphatic rings. The van der Waals surface area contributed by atoms with Gasteiger partial charge in [-0.1, -0.05) is 103 Å². The van der Waals surface area contributed by atoms with Crippen LogP contribution < -0.4 is 10.5 Å². The summed E-state index contributed by atoms with van der Waals surface area (Å²) in [6.07, 6.45) is 14.5. The summed E-state index contributed by atoms with van der Waals surface area (Å²) in [6.45, 7) is 5.98. The smallest absolute Gasteiger partial charge is 0.311 e. The summed E-state index contributed by atoms with van der Waals surface area (Å²) in [7, 11) is 0. The number of amides is 1. The third-order valence-electron chi connectivity index (χ3n) is 7.34. The van der Waals surface area contributed by atoms with Crippen molar-refractivity contribution in [2.24, 2.45) is 11.1 Å². The SMILES string of the molecule is CCCCCCCCCCC[C@@H](C[C@H](O)[C@](C)(CCCCCC)C(=O)O)Oc1ccccc1C(N)=O. The highest BCUT2D eigenvalue weighted by Crippen LogP contribution is 2.34. The minimum atomic E-state index is -1.24. The average molecular weight is 506 g/mol. The maximum Gasteiger partial charge on any atom is 0.311 e. The zero-order chi connectivity index (χ0) is 26.8. The molecule has 0 aliphatic heterocycles. The number of hydrogen-bond acceptors (Lipinski definition) is 4. The van der Waals surface area contributed by atoms with Crippen molar-refractivity contribution in [3.8, 4) is 5.75 Å². The molecule has 206 valence electrons. The number of hydrogen-bond donors (Lipinski definition) is 3. The van der Waals surface area contributed by atoms with Gasteiger partial charge < -0.3 is 20.7 Å². The lowest BCUT2D eigenvalue weighted by atomic mass is 9.77. The Bertz CT molecular complexity index is 753. The number of ether oxygens (including phenoxy) is 1. The summed E-state index contributed by atoms with van der Waals surface area (Å²) in [6, 6.07) is 6.84. The van der Waals surface area contributed by atoms with Gasteiger partial charge in [-0.2, -0.15) is 0 Å². The summed E-state index contributed by atoms with van der Waals surface area (Å²) in [5, 5.41) is 21.1. The van der Waals surface area contributed by atoms with E-state index < -0.39 is 29.5 Å². The van der Waals surface area contributed by atoms with Gasteiger partial charge >= 0.3 is 5.97 Å². The first-order valence-corrected chi connectivity index (χ1v) is 14.2. The summed E-state index contributed by atoms with van der Waals surface area (Å²) >= 11 is 0. The van der Waals surface area contributed by atoms with Crippen LogP contribution in [0.2, 0.25) is 0 Å². The number of para-hydroxylation sites is 1. The Hall–Kier alpha value is -2.08. The number of primary amides is 1. The van der Waals surface area contributed by atoms with Crippen LogP contribution in [0.4, 0.5) is 0 Å². The van der Waals surface area contributed by atoms with E-state index in [1.54, 1.807) is 31.2 Å². The van der Waals surface area contributed by atoms with Crippen LogP contribution in [-0.4, -0.2) is 34.3 Å².